The first-order valence-corrected chi connectivity index (χ1v) is 6.55. The van der Waals surface area contributed by atoms with Gasteiger partial charge in [-0.1, -0.05) is 27.2 Å². The summed E-state index contributed by atoms with van der Waals surface area (Å²) < 4.78 is 0. The molecule has 2 saturated carbocycles. The molecule has 2 rings (SSSR count). The summed E-state index contributed by atoms with van der Waals surface area (Å²) in [6, 6.07) is 0. The third-order valence-electron chi connectivity index (χ3n) is 5.32. The third kappa shape index (κ3) is 1.62. The minimum Gasteiger partial charge on any atom is -0.396 e. The molecule has 2 aliphatic carbocycles. The maximum absolute atomic E-state index is 11.9. The van der Waals surface area contributed by atoms with Crippen LogP contribution >= 0.6 is 0 Å². The number of carbonyl (C=O) groups is 1. The van der Waals surface area contributed by atoms with Crippen LogP contribution in [0.5, 0.6) is 0 Å². The van der Waals surface area contributed by atoms with Crippen LogP contribution in [0.25, 0.3) is 0 Å². The first-order valence-electron chi connectivity index (χ1n) is 6.55. The van der Waals surface area contributed by atoms with E-state index in [9.17, 15) is 9.90 Å². The zero-order valence-corrected chi connectivity index (χ0v) is 10.8. The van der Waals surface area contributed by atoms with Gasteiger partial charge in [-0.15, -0.1) is 0 Å². The van der Waals surface area contributed by atoms with Crippen LogP contribution in [0, 0.1) is 22.7 Å². The second-order valence-electron chi connectivity index (χ2n) is 6.64. The Labute approximate surface area is 98.4 Å². The third-order valence-corrected chi connectivity index (χ3v) is 5.32. The quantitative estimate of drug-likeness (QED) is 0.743. The van der Waals surface area contributed by atoms with Crippen molar-refractivity contribution in [1.82, 2.24) is 0 Å². The largest absolute Gasteiger partial charge is 0.396 e. The molecule has 2 heteroatoms. The van der Waals surface area contributed by atoms with Crippen LogP contribution < -0.4 is 0 Å². The van der Waals surface area contributed by atoms with E-state index in [1.165, 1.54) is 12.8 Å². The predicted octanol–water partition coefficient (Wildman–Crippen LogP) is 2.79. The summed E-state index contributed by atoms with van der Waals surface area (Å²) in [6.45, 7) is 6.94. The summed E-state index contributed by atoms with van der Waals surface area (Å²) in [7, 11) is 0. The Balaban J connectivity index is 2.34. The van der Waals surface area contributed by atoms with Gasteiger partial charge in [-0.3, -0.25) is 4.79 Å². The van der Waals surface area contributed by atoms with E-state index in [0.717, 1.165) is 12.8 Å². The molecule has 0 aromatic rings. The van der Waals surface area contributed by atoms with Crippen LogP contribution in [0.4, 0.5) is 0 Å². The van der Waals surface area contributed by atoms with Crippen molar-refractivity contribution in [2.75, 3.05) is 6.61 Å². The van der Waals surface area contributed by atoms with Crippen molar-refractivity contribution >= 4 is 5.78 Å². The number of ketones is 1. The minimum atomic E-state index is -0.106. The van der Waals surface area contributed by atoms with Crippen molar-refractivity contribution in [2.45, 2.75) is 52.9 Å². The summed E-state index contributed by atoms with van der Waals surface area (Å²) in [5.74, 6) is 0.786. The minimum absolute atomic E-state index is 0.0436. The lowest BCUT2D eigenvalue weighted by molar-refractivity contribution is -0.146. The zero-order chi connectivity index (χ0) is 12.0. The molecule has 0 aromatic heterocycles. The Morgan fingerprint density at radius 2 is 2.00 bits per heavy atom. The number of rotatable bonds is 1. The molecule has 0 saturated heterocycles. The van der Waals surface area contributed by atoms with Crippen molar-refractivity contribution in [2.24, 2.45) is 22.7 Å². The van der Waals surface area contributed by atoms with Crippen LogP contribution in [0.15, 0.2) is 0 Å². The fraction of sp³-hybridized carbons (Fsp3) is 0.929. The van der Waals surface area contributed by atoms with Crippen LogP contribution in [-0.4, -0.2) is 17.5 Å². The molecular formula is C14H24O2. The van der Waals surface area contributed by atoms with E-state index >= 15 is 0 Å². The molecule has 0 bridgehead atoms. The topological polar surface area (TPSA) is 37.3 Å². The van der Waals surface area contributed by atoms with Gasteiger partial charge in [-0.2, -0.15) is 0 Å². The Kier molecular flexibility index (Phi) is 2.90. The number of carbonyl (C=O) groups excluding carboxylic acids is 1. The number of fused-ring (bicyclic) bond motifs is 1. The van der Waals surface area contributed by atoms with Crippen molar-refractivity contribution < 1.29 is 9.90 Å². The molecule has 0 aromatic carbocycles. The molecule has 0 heterocycles. The number of Topliss-reactive ketones (excluding diaryl/α,β-unsaturated/α-hetero) is 1. The number of hydrogen-bond acceptors (Lipinski definition) is 2. The van der Waals surface area contributed by atoms with E-state index in [2.05, 4.69) is 20.8 Å². The van der Waals surface area contributed by atoms with E-state index in [4.69, 9.17) is 0 Å². The highest BCUT2D eigenvalue weighted by Crippen LogP contribution is 2.58. The lowest BCUT2D eigenvalue weighted by Crippen LogP contribution is -2.52. The van der Waals surface area contributed by atoms with E-state index in [1.54, 1.807) is 0 Å². The molecule has 92 valence electrons. The molecule has 0 aliphatic heterocycles. The SMILES string of the molecule is CC1(C)CCC[C@]2(C)[C@H](CO)C(=O)CC[C@@H]12. The van der Waals surface area contributed by atoms with Gasteiger partial charge in [0.25, 0.3) is 0 Å². The molecule has 2 aliphatic rings. The normalized spacial score (nSPS) is 42.9. The van der Waals surface area contributed by atoms with E-state index in [-0.39, 0.29) is 17.9 Å². The van der Waals surface area contributed by atoms with Gasteiger partial charge in [-0.05, 0) is 36.0 Å². The fourth-order valence-corrected chi connectivity index (χ4v) is 4.44. The van der Waals surface area contributed by atoms with Gasteiger partial charge in [0, 0.05) is 12.3 Å². The van der Waals surface area contributed by atoms with Crippen LogP contribution in [0.2, 0.25) is 0 Å². The second kappa shape index (κ2) is 3.83. The Bertz CT molecular complexity index is 295. The summed E-state index contributed by atoms with van der Waals surface area (Å²) in [5.41, 5.74) is 0.382. The van der Waals surface area contributed by atoms with Crippen molar-refractivity contribution in [1.29, 1.82) is 0 Å². The molecule has 0 amide bonds. The van der Waals surface area contributed by atoms with Crippen molar-refractivity contribution in [3.05, 3.63) is 0 Å². The van der Waals surface area contributed by atoms with Gasteiger partial charge < -0.3 is 5.11 Å². The highest BCUT2D eigenvalue weighted by Gasteiger charge is 2.54. The van der Waals surface area contributed by atoms with E-state index in [0.29, 0.717) is 23.5 Å². The number of hydrogen-bond donors (Lipinski definition) is 1. The van der Waals surface area contributed by atoms with E-state index in [1.807, 2.05) is 0 Å². The first kappa shape index (κ1) is 12.1. The Morgan fingerprint density at radius 1 is 1.31 bits per heavy atom. The van der Waals surface area contributed by atoms with Crippen LogP contribution in [0.1, 0.15) is 52.9 Å². The number of aliphatic hydroxyl groups excluding tert-OH is 1. The molecule has 0 unspecified atom stereocenters. The van der Waals surface area contributed by atoms with Gasteiger partial charge in [0.15, 0.2) is 0 Å². The van der Waals surface area contributed by atoms with Crippen molar-refractivity contribution in [3.63, 3.8) is 0 Å². The Morgan fingerprint density at radius 3 is 2.62 bits per heavy atom. The van der Waals surface area contributed by atoms with Crippen LogP contribution in [0.3, 0.4) is 0 Å². The van der Waals surface area contributed by atoms with Gasteiger partial charge >= 0.3 is 0 Å². The number of aliphatic hydroxyl groups is 1. The van der Waals surface area contributed by atoms with E-state index < -0.39 is 0 Å². The van der Waals surface area contributed by atoms with Gasteiger partial charge in [0.2, 0.25) is 0 Å². The average molecular weight is 224 g/mol. The molecule has 2 nitrogen and oxygen atoms in total. The smallest absolute Gasteiger partial charge is 0.138 e. The maximum atomic E-state index is 11.9. The monoisotopic (exact) mass is 224 g/mol. The summed E-state index contributed by atoms with van der Waals surface area (Å²) in [4.78, 5) is 11.9. The fourth-order valence-electron chi connectivity index (χ4n) is 4.44. The van der Waals surface area contributed by atoms with Gasteiger partial charge in [0.1, 0.15) is 5.78 Å². The molecule has 0 spiro atoms. The summed E-state index contributed by atoms with van der Waals surface area (Å²) in [5, 5.41) is 9.51. The first-order chi connectivity index (χ1) is 7.42. The molecule has 2 fully saturated rings. The predicted molar refractivity (Wildman–Crippen MR) is 64.0 cm³/mol. The molecule has 16 heavy (non-hydrogen) atoms. The molecule has 0 radical (unpaired) electrons. The Hall–Kier alpha value is -0.370. The highest BCUT2D eigenvalue weighted by molar-refractivity contribution is 5.83. The molecule has 1 N–H and O–H groups in total. The van der Waals surface area contributed by atoms with Gasteiger partial charge in [-0.25, -0.2) is 0 Å². The summed E-state index contributed by atoms with van der Waals surface area (Å²) in [6.07, 6.45) is 5.27. The van der Waals surface area contributed by atoms with Gasteiger partial charge in [0.05, 0.1) is 6.61 Å². The second-order valence-corrected chi connectivity index (χ2v) is 6.64. The molecular weight excluding hydrogens is 200 g/mol. The van der Waals surface area contributed by atoms with Crippen molar-refractivity contribution in [3.8, 4) is 0 Å². The lowest BCUT2D eigenvalue weighted by Gasteiger charge is -2.56. The average Bonchev–Trinajstić information content (AvgIpc) is 2.15. The maximum Gasteiger partial charge on any atom is 0.138 e. The van der Waals surface area contributed by atoms with Crippen LogP contribution in [-0.2, 0) is 4.79 Å². The standard InChI is InChI=1S/C14H24O2/c1-13(2)7-4-8-14(3)10(9-15)11(16)5-6-12(13)14/h10,12,15H,4-9H2,1-3H3/t10-,12+,14-/m1/s1. The lowest BCUT2D eigenvalue weighted by atomic mass is 9.48. The zero-order valence-electron chi connectivity index (χ0n) is 10.8. The highest BCUT2D eigenvalue weighted by atomic mass is 16.3. The summed E-state index contributed by atoms with van der Waals surface area (Å²) >= 11 is 0. The molecule has 3 atom stereocenters.